The molecule has 0 aromatic rings. The Hall–Kier alpha value is 1.87. The molecule has 0 aliphatic heterocycles. The van der Waals surface area contributed by atoms with Crippen molar-refractivity contribution in [2.75, 3.05) is 0 Å². The Kier molecular flexibility index (Phi) is 17.9. The number of hydrogen-bond donors (Lipinski definition) is 4. The summed E-state index contributed by atoms with van der Waals surface area (Å²) in [5.41, 5.74) is 9.17. The normalized spacial score (nSPS) is 9.57. The smallest absolute Gasteiger partial charge is 1.00 e. The van der Waals surface area contributed by atoms with Crippen LogP contribution in [0.1, 0.15) is 0 Å². The van der Waals surface area contributed by atoms with E-state index in [1.807, 2.05) is 0 Å². The molecule has 0 amide bonds. The molecule has 0 heterocycles. The third-order valence-corrected chi connectivity index (χ3v) is 2.32. The summed E-state index contributed by atoms with van der Waals surface area (Å²) in [5, 5.41) is 4.58. The maximum absolute atomic E-state index is 9.31. The fraction of sp³-hybridized carbons (Fsp3) is 0. The van der Waals surface area contributed by atoms with Crippen LogP contribution in [0.2, 0.25) is 0 Å². The van der Waals surface area contributed by atoms with Gasteiger partial charge in [0.15, 0.2) is 0 Å². The molecule has 14 heavy (non-hydrogen) atoms. The van der Waals surface area contributed by atoms with E-state index in [1.54, 1.807) is 0 Å². The van der Waals surface area contributed by atoms with Crippen molar-refractivity contribution in [3.05, 3.63) is 0 Å². The first kappa shape index (κ1) is 24.9. The molecule has 0 atom stereocenters. The summed E-state index contributed by atoms with van der Waals surface area (Å²) in [5.74, 6) is -0.0833. The maximum Gasteiger partial charge on any atom is 1.00 e. The van der Waals surface area contributed by atoms with Gasteiger partial charge >= 0.3 is 84.0 Å². The van der Waals surface area contributed by atoms with Crippen LogP contribution in [0.3, 0.4) is 0 Å². The molecule has 0 rings (SSSR count). The summed E-state index contributed by atoms with van der Waals surface area (Å²) in [6.07, 6.45) is 0. The fourth-order valence-corrected chi connectivity index (χ4v) is 0. The van der Waals surface area contributed by atoms with Crippen molar-refractivity contribution in [3.8, 4) is 0 Å². The minimum absolute atomic E-state index is 0. The zero-order valence-corrected chi connectivity index (χ0v) is 17.0. The van der Waals surface area contributed by atoms with E-state index in [0.717, 1.165) is 0 Å². The molecule has 0 bridgehead atoms. The minimum Gasteiger partial charge on any atom is -1.00 e. The third-order valence-electron chi connectivity index (χ3n) is 0.258. The van der Waals surface area contributed by atoms with E-state index in [0.29, 0.717) is 0 Å². The van der Waals surface area contributed by atoms with Crippen LogP contribution in [-0.2, 0) is 18.3 Å². The van der Waals surface area contributed by atoms with E-state index in [-0.39, 0.29) is 98.8 Å². The van der Waals surface area contributed by atoms with Crippen LogP contribution in [0.4, 0.5) is 0 Å². The molecule has 0 unspecified atom stereocenters. The molecular weight excluding hydrogens is 474 g/mol. The van der Waals surface area contributed by atoms with Gasteiger partial charge in [0.25, 0.3) is 0 Å². The Balaban J connectivity index is -0.0000000733. The molecule has 0 aromatic heterocycles. The van der Waals surface area contributed by atoms with E-state index >= 15 is 0 Å². The van der Waals surface area contributed by atoms with Crippen molar-refractivity contribution >= 4 is 24.3 Å². The summed E-state index contributed by atoms with van der Waals surface area (Å²) in [6, 6.07) is 0. The summed E-state index contributed by atoms with van der Waals surface area (Å²) in [7, 11) is -11.0. The van der Waals surface area contributed by atoms with Crippen LogP contribution < -0.4 is 110 Å². The number of rotatable bonds is 1. The topological polar surface area (TPSA) is 189 Å². The van der Waals surface area contributed by atoms with Crippen molar-refractivity contribution in [3.63, 3.8) is 0 Å². The molecule has 0 spiro atoms. The van der Waals surface area contributed by atoms with E-state index < -0.39 is 18.3 Å². The van der Waals surface area contributed by atoms with Gasteiger partial charge in [-0.05, 0) is 0 Å². The van der Waals surface area contributed by atoms with Gasteiger partial charge in [0.05, 0.1) is 0 Å². The Morgan fingerprint density at radius 3 is 1.29 bits per heavy atom. The molecule has 0 radical (unpaired) electrons. The summed E-state index contributed by atoms with van der Waals surface area (Å²) in [4.78, 5) is 0. The van der Waals surface area contributed by atoms with Gasteiger partial charge in [-0.3, -0.25) is 21.4 Å². The standard InChI is InChI=1S/CH5N3.Cs.HI.H2O6S2/c2-1(3)4;;;1-7(2,3)8(4,5)6/h(H5,2,3,4);;1H;(H,1,2,3)(H,4,5,6)/q;+1;;/p-1. The third kappa shape index (κ3) is 19.4. The molecule has 0 saturated carbocycles. The van der Waals surface area contributed by atoms with Gasteiger partial charge in [-0.15, -0.1) is 0 Å². The molecule has 0 fully saturated rings. The molecule has 0 aromatic carbocycles. The van der Waals surface area contributed by atoms with Gasteiger partial charge in [-0.1, -0.05) is 0 Å². The number of hydrogen-bond acceptors (Lipinski definition) is 5. The Labute approximate surface area is 156 Å². The average Bonchev–Trinajstić information content (AvgIpc) is 1.55. The van der Waals surface area contributed by atoms with E-state index in [9.17, 15) is 21.4 Å². The van der Waals surface area contributed by atoms with Crippen molar-refractivity contribution in [2.24, 2.45) is 11.5 Å². The van der Waals surface area contributed by atoms with Crippen molar-refractivity contribution in [1.29, 1.82) is 0 Å². The molecule has 0 aliphatic carbocycles. The Morgan fingerprint density at radius 2 is 1.29 bits per heavy atom. The van der Waals surface area contributed by atoms with Crippen LogP contribution in [0.25, 0.3) is 0 Å². The molecule has 0 saturated heterocycles. The van der Waals surface area contributed by atoms with E-state index in [2.05, 4.69) is 16.9 Å². The second-order valence-electron chi connectivity index (χ2n) is 1.34. The largest absolute Gasteiger partial charge is 1.00 e. The summed E-state index contributed by atoms with van der Waals surface area (Å²) < 4.78 is 53.8. The number of halogens is 1. The van der Waals surface area contributed by atoms with Crippen LogP contribution in [-0.4, -0.2) is 31.9 Å². The quantitative estimate of drug-likeness (QED) is 0.0934. The predicted octanol–water partition coefficient (Wildman–Crippen LogP) is -10.6. The second-order valence-corrected chi connectivity index (χ2v) is 5.50. The molecular formula is CH7CsIN3O6S2. The maximum atomic E-state index is 9.31. The van der Waals surface area contributed by atoms with Gasteiger partial charge < -0.3 is 28.5 Å². The van der Waals surface area contributed by atoms with Crippen LogP contribution >= 0.6 is 0 Å². The Bertz CT molecular complexity index is 313. The summed E-state index contributed by atoms with van der Waals surface area (Å²) in [6.45, 7) is 0. The van der Waals surface area contributed by atoms with Gasteiger partial charge in [0.1, 0.15) is 0 Å². The number of guanidine groups is 1. The van der Waals surface area contributed by atoms with Crippen molar-refractivity contribution in [1.82, 2.24) is 0 Å². The first-order valence-corrected chi connectivity index (χ1v) is 5.41. The van der Waals surface area contributed by atoms with Gasteiger partial charge in [0, 0.05) is 0 Å². The van der Waals surface area contributed by atoms with E-state index in [1.165, 1.54) is 0 Å². The molecule has 82 valence electrons. The number of nitrogens with two attached hydrogens (primary N) is 3. The first-order chi connectivity index (χ1) is 4.98. The van der Waals surface area contributed by atoms with Crippen LogP contribution in [0.15, 0.2) is 0 Å². The van der Waals surface area contributed by atoms with Crippen LogP contribution in [0.5, 0.6) is 0 Å². The fourth-order valence-electron chi connectivity index (χ4n) is 0. The average molecular weight is 481 g/mol. The van der Waals surface area contributed by atoms with E-state index in [4.69, 9.17) is 4.55 Å². The minimum atomic E-state index is -5.56. The SMILES string of the molecule is NC(N)=[NH2+].O=S(=O)([O-])S(=O)(=O)O.[Cs+].[I-]. The Morgan fingerprint density at radius 1 is 1.21 bits per heavy atom. The molecule has 9 nitrogen and oxygen atoms in total. The second kappa shape index (κ2) is 10.1. The molecule has 0 aliphatic rings. The first-order valence-electron chi connectivity index (χ1n) is 2.05. The zero-order valence-electron chi connectivity index (χ0n) is 6.91. The zero-order chi connectivity index (χ0) is 10.6. The molecule has 7 N–H and O–H groups in total. The van der Waals surface area contributed by atoms with Crippen molar-refractivity contribution in [2.45, 2.75) is 0 Å². The molecule has 13 heteroatoms. The van der Waals surface area contributed by atoms with Gasteiger partial charge in [-0.2, -0.15) is 8.42 Å². The van der Waals surface area contributed by atoms with Gasteiger partial charge in [0.2, 0.25) is 9.15 Å². The summed E-state index contributed by atoms with van der Waals surface area (Å²) >= 11 is 0. The predicted molar refractivity (Wildman–Crippen MR) is 36.6 cm³/mol. The van der Waals surface area contributed by atoms with Crippen molar-refractivity contribution < 1.29 is 124 Å². The monoisotopic (exact) mass is 481 g/mol. The van der Waals surface area contributed by atoms with Gasteiger partial charge in [-0.25, -0.2) is 8.42 Å². The van der Waals surface area contributed by atoms with Crippen LogP contribution in [0, 0.1) is 0 Å².